The van der Waals surface area contributed by atoms with E-state index in [0.717, 1.165) is 5.56 Å². The summed E-state index contributed by atoms with van der Waals surface area (Å²) in [6.45, 7) is 0.589. The maximum atomic E-state index is 10.5. The monoisotopic (exact) mass is 273 g/mol. The molecule has 6 heteroatoms. The minimum atomic E-state index is -0.885. The fourth-order valence-electron chi connectivity index (χ4n) is 1.50. The second kappa shape index (κ2) is 5.98. The van der Waals surface area contributed by atoms with Gasteiger partial charge in [-0.1, -0.05) is 12.1 Å². The van der Waals surface area contributed by atoms with Gasteiger partial charge in [0.1, 0.15) is 0 Å². The van der Waals surface area contributed by atoms with Crippen LogP contribution in [0.4, 0.5) is 5.13 Å². The van der Waals surface area contributed by atoms with Gasteiger partial charge in [0.05, 0.1) is 23.7 Å². The van der Waals surface area contributed by atoms with E-state index in [2.05, 4.69) is 16.4 Å². The largest absolute Gasteiger partial charge is 0.481 e. The van der Waals surface area contributed by atoms with Crippen LogP contribution in [0, 0.1) is 11.3 Å². The summed E-state index contributed by atoms with van der Waals surface area (Å²) in [7, 11) is 0. The van der Waals surface area contributed by atoms with Crippen LogP contribution in [0.2, 0.25) is 0 Å². The first kappa shape index (κ1) is 13.1. The topological polar surface area (TPSA) is 86.0 Å². The highest BCUT2D eigenvalue weighted by Gasteiger charge is 2.05. The zero-order valence-corrected chi connectivity index (χ0v) is 10.8. The van der Waals surface area contributed by atoms with Crippen LogP contribution >= 0.6 is 11.3 Å². The van der Waals surface area contributed by atoms with Crippen LogP contribution in [0.1, 0.15) is 16.8 Å². The van der Waals surface area contributed by atoms with Gasteiger partial charge in [0, 0.05) is 11.9 Å². The molecule has 1 aromatic heterocycles. The van der Waals surface area contributed by atoms with Crippen LogP contribution in [0.5, 0.6) is 0 Å². The quantitative estimate of drug-likeness (QED) is 0.872. The van der Waals surface area contributed by atoms with Crippen molar-refractivity contribution < 1.29 is 9.90 Å². The van der Waals surface area contributed by atoms with Crippen LogP contribution in [-0.4, -0.2) is 16.1 Å². The molecule has 0 aliphatic carbocycles. The predicted octanol–water partition coefficient (Wildman–Crippen LogP) is 2.25. The Morgan fingerprint density at radius 3 is 2.79 bits per heavy atom. The van der Waals surface area contributed by atoms with Crippen molar-refractivity contribution in [3.05, 3.63) is 46.5 Å². The smallest absolute Gasteiger partial charge is 0.309 e. The zero-order valence-electron chi connectivity index (χ0n) is 9.96. The number of aliphatic carboxylic acids is 1. The number of carbonyl (C=O) groups is 1. The van der Waals surface area contributed by atoms with Crippen LogP contribution in [0.25, 0.3) is 0 Å². The van der Waals surface area contributed by atoms with E-state index >= 15 is 0 Å². The number of carboxylic acid groups (broad SMARTS) is 1. The van der Waals surface area contributed by atoms with Gasteiger partial charge in [-0.3, -0.25) is 4.79 Å². The van der Waals surface area contributed by atoms with E-state index in [1.54, 1.807) is 17.5 Å². The highest BCUT2D eigenvalue weighted by Crippen LogP contribution is 2.17. The van der Waals surface area contributed by atoms with Crippen molar-refractivity contribution in [3.8, 4) is 6.07 Å². The fraction of sp³-hybridized carbons (Fsp3) is 0.154. The summed E-state index contributed by atoms with van der Waals surface area (Å²) in [5, 5.41) is 22.9. The second-order valence-corrected chi connectivity index (χ2v) is 4.73. The number of hydrogen-bond donors (Lipinski definition) is 2. The molecular weight excluding hydrogens is 262 g/mol. The first-order valence-corrected chi connectivity index (χ1v) is 6.44. The van der Waals surface area contributed by atoms with Gasteiger partial charge >= 0.3 is 5.97 Å². The number of hydrogen-bond acceptors (Lipinski definition) is 5. The maximum absolute atomic E-state index is 10.5. The SMILES string of the molecule is N#Cc1ccc(CNc2nc(CC(=O)O)cs2)cc1. The Balaban J connectivity index is 1.92. The molecule has 0 saturated heterocycles. The van der Waals surface area contributed by atoms with Crippen molar-refractivity contribution in [2.45, 2.75) is 13.0 Å². The average Bonchev–Trinajstić information content (AvgIpc) is 2.84. The number of aromatic nitrogens is 1. The molecule has 0 saturated carbocycles. The van der Waals surface area contributed by atoms with E-state index in [-0.39, 0.29) is 6.42 Å². The summed E-state index contributed by atoms with van der Waals surface area (Å²) < 4.78 is 0. The van der Waals surface area contributed by atoms with Crippen molar-refractivity contribution in [2.24, 2.45) is 0 Å². The van der Waals surface area contributed by atoms with E-state index < -0.39 is 5.97 Å². The van der Waals surface area contributed by atoms with Gasteiger partial charge in [0.25, 0.3) is 0 Å². The molecule has 0 fully saturated rings. The number of anilines is 1. The minimum absolute atomic E-state index is 0.0605. The lowest BCUT2D eigenvalue weighted by molar-refractivity contribution is -0.136. The molecule has 0 aliphatic heterocycles. The van der Waals surface area contributed by atoms with E-state index in [1.165, 1.54) is 11.3 Å². The molecule has 0 unspecified atom stereocenters. The number of nitriles is 1. The highest BCUT2D eigenvalue weighted by molar-refractivity contribution is 7.13. The maximum Gasteiger partial charge on any atom is 0.309 e. The molecule has 1 heterocycles. The summed E-state index contributed by atoms with van der Waals surface area (Å²) in [4.78, 5) is 14.7. The lowest BCUT2D eigenvalue weighted by atomic mass is 10.1. The average molecular weight is 273 g/mol. The van der Waals surface area contributed by atoms with Crippen molar-refractivity contribution >= 4 is 22.4 Å². The van der Waals surface area contributed by atoms with E-state index in [0.29, 0.717) is 22.9 Å². The molecule has 96 valence electrons. The molecule has 0 radical (unpaired) electrons. The summed E-state index contributed by atoms with van der Waals surface area (Å²) in [5.41, 5.74) is 2.22. The molecule has 0 spiro atoms. The molecule has 0 aliphatic rings. The number of thiazole rings is 1. The van der Waals surface area contributed by atoms with Crippen molar-refractivity contribution in [1.82, 2.24) is 4.98 Å². The van der Waals surface area contributed by atoms with Crippen molar-refractivity contribution in [2.75, 3.05) is 5.32 Å². The molecule has 1 aromatic carbocycles. The first-order valence-electron chi connectivity index (χ1n) is 5.56. The van der Waals surface area contributed by atoms with Crippen LogP contribution in [0.3, 0.4) is 0 Å². The number of nitrogens with one attached hydrogen (secondary N) is 1. The van der Waals surface area contributed by atoms with Crippen LogP contribution < -0.4 is 5.32 Å². The molecule has 0 amide bonds. The highest BCUT2D eigenvalue weighted by atomic mass is 32.1. The minimum Gasteiger partial charge on any atom is -0.481 e. The molecule has 5 nitrogen and oxygen atoms in total. The van der Waals surface area contributed by atoms with Crippen LogP contribution in [-0.2, 0) is 17.8 Å². The van der Waals surface area contributed by atoms with Gasteiger partial charge < -0.3 is 10.4 Å². The second-order valence-electron chi connectivity index (χ2n) is 3.88. The van der Waals surface area contributed by atoms with Gasteiger partial charge in [0.2, 0.25) is 0 Å². The number of rotatable bonds is 5. The van der Waals surface area contributed by atoms with Gasteiger partial charge in [-0.05, 0) is 17.7 Å². The van der Waals surface area contributed by atoms with Gasteiger partial charge in [-0.25, -0.2) is 4.98 Å². The molecule has 0 atom stereocenters. The third-order valence-corrected chi connectivity index (χ3v) is 3.26. The molecule has 2 N–H and O–H groups in total. The normalized spacial score (nSPS) is 9.84. The van der Waals surface area contributed by atoms with E-state index in [4.69, 9.17) is 10.4 Å². The van der Waals surface area contributed by atoms with Gasteiger partial charge in [-0.15, -0.1) is 11.3 Å². The molecule has 19 heavy (non-hydrogen) atoms. The number of benzene rings is 1. The summed E-state index contributed by atoms with van der Waals surface area (Å²) >= 11 is 1.38. The van der Waals surface area contributed by atoms with E-state index in [9.17, 15) is 4.79 Å². The first-order chi connectivity index (χ1) is 9.17. The van der Waals surface area contributed by atoms with Crippen molar-refractivity contribution in [3.63, 3.8) is 0 Å². The Hall–Kier alpha value is -2.39. The third-order valence-electron chi connectivity index (χ3n) is 2.41. The summed E-state index contributed by atoms with van der Waals surface area (Å²) in [5.74, 6) is -0.885. The Kier molecular flexibility index (Phi) is 4.11. The Labute approximate surface area is 114 Å². The lowest BCUT2D eigenvalue weighted by Crippen LogP contribution is -2.02. The fourth-order valence-corrected chi connectivity index (χ4v) is 2.21. The standard InChI is InChI=1S/C13H11N3O2S/c14-6-9-1-3-10(4-2-9)7-15-13-16-11(8-19-13)5-12(17)18/h1-4,8H,5,7H2,(H,15,16)(H,17,18). The summed E-state index contributed by atoms with van der Waals surface area (Å²) in [6, 6.07) is 9.33. The predicted molar refractivity (Wildman–Crippen MR) is 71.9 cm³/mol. The van der Waals surface area contributed by atoms with Crippen LogP contribution in [0.15, 0.2) is 29.6 Å². The van der Waals surface area contributed by atoms with Gasteiger partial charge in [0.15, 0.2) is 5.13 Å². The van der Waals surface area contributed by atoms with E-state index in [1.807, 2.05) is 12.1 Å². The zero-order chi connectivity index (χ0) is 13.7. The van der Waals surface area contributed by atoms with Crippen molar-refractivity contribution in [1.29, 1.82) is 5.26 Å². The molecule has 2 rings (SSSR count). The third kappa shape index (κ3) is 3.79. The molecule has 0 bridgehead atoms. The summed E-state index contributed by atoms with van der Waals surface area (Å²) in [6.07, 6.45) is -0.0605. The number of carboxylic acids is 1. The van der Waals surface area contributed by atoms with Gasteiger partial charge in [-0.2, -0.15) is 5.26 Å². The Bertz CT molecular complexity index is 614. The Morgan fingerprint density at radius 1 is 1.42 bits per heavy atom. The molecular formula is C13H11N3O2S. The molecule has 2 aromatic rings. The lowest BCUT2D eigenvalue weighted by Gasteiger charge is -2.02. The number of nitrogens with zero attached hydrogens (tertiary/aromatic N) is 2. The Morgan fingerprint density at radius 2 is 2.16 bits per heavy atom.